The maximum atomic E-state index is 14.7. The summed E-state index contributed by atoms with van der Waals surface area (Å²) in [5.74, 6) is -0.310. The van der Waals surface area contributed by atoms with Crippen LogP contribution in [0.1, 0.15) is 104 Å². The molecule has 0 aliphatic heterocycles. The lowest BCUT2D eigenvalue weighted by molar-refractivity contribution is -0.141. The van der Waals surface area contributed by atoms with Gasteiger partial charge in [-0.05, 0) is 107 Å². The van der Waals surface area contributed by atoms with Crippen LogP contribution in [0.4, 0.5) is 10.1 Å². The zero-order chi connectivity index (χ0) is 40.9. The molecule has 2 unspecified atom stereocenters. The van der Waals surface area contributed by atoms with Crippen molar-refractivity contribution >= 4 is 36.5 Å². The summed E-state index contributed by atoms with van der Waals surface area (Å²) in [5, 5.41) is 3.83. The van der Waals surface area contributed by atoms with Crippen LogP contribution in [0.25, 0.3) is 0 Å². The van der Waals surface area contributed by atoms with Gasteiger partial charge >= 0.3 is 0 Å². The molecule has 0 amide bonds. The molecule has 10 heteroatoms. The van der Waals surface area contributed by atoms with E-state index in [0.29, 0.717) is 12.8 Å². The van der Waals surface area contributed by atoms with E-state index in [-0.39, 0.29) is 33.0 Å². The fraction of sp³-hybridized carbons (Fsp3) is 0.568. The number of methoxy groups -OCH3 is 1. The van der Waals surface area contributed by atoms with Crippen LogP contribution in [0.15, 0.2) is 72.8 Å². The molecule has 0 saturated heterocycles. The summed E-state index contributed by atoms with van der Waals surface area (Å²) in [4.78, 5) is 18.6. The van der Waals surface area contributed by atoms with Crippen molar-refractivity contribution in [2.75, 3.05) is 12.4 Å². The third kappa shape index (κ3) is 12.1. The maximum Gasteiger partial charge on any atom is 0.298 e. The molecule has 0 aromatic heterocycles. The SMILES string of the molecule is COc1ccc([C@@H](Nc2ccc(CN[Si](C)(C)C(C)(C)C)cc2)C(CCC(O[Si](C)(C)C(C)(C)C)c2ccc(F)cc2)C(=O)O[Si](C)(C)C(C)(C)C)cc1. The Morgan fingerprint density at radius 2 is 1.20 bits per heavy atom. The first-order valence-corrected chi connectivity index (χ1v) is 28.4. The molecule has 0 bridgehead atoms. The Labute approximate surface area is 330 Å². The monoisotopic (exact) mass is 794 g/mol. The van der Waals surface area contributed by atoms with Gasteiger partial charge in [0.05, 0.1) is 25.2 Å². The lowest BCUT2D eigenvalue weighted by atomic mass is 9.87. The van der Waals surface area contributed by atoms with Crippen molar-refractivity contribution in [3.8, 4) is 5.75 Å². The van der Waals surface area contributed by atoms with Crippen LogP contribution in [-0.2, 0) is 20.2 Å². The third-order valence-corrected chi connectivity index (χ3v) is 26.1. The molecule has 0 spiro atoms. The smallest absolute Gasteiger partial charge is 0.298 e. The van der Waals surface area contributed by atoms with Crippen LogP contribution in [0.2, 0.25) is 54.4 Å². The fourth-order valence-corrected chi connectivity index (χ4v) is 8.91. The Morgan fingerprint density at radius 1 is 0.685 bits per heavy atom. The summed E-state index contributed by atoms with van der Waals surface area (Å²) in [7, 11) is -4.75. The van der Waals surface area contributed by atoms with E-state index in [1.54, 1.807) is 7.11 Å². The van der Waals surface area contributed by atoms with Gasteiger partial charge in [-0.1, -0.05) is 112 Å². The van der Waals surface area contributed by atoms with Gasteiger partial charge in [0.25, 0.3) is 14.3 Å². The summed E-state index contributed by atoms with van der Waals surface area (Å²) >= 11 is 0. The highest BCUT2D eigenvalue weighted by Crippen LogP contribution is 2.44. The number of carbonyl (C=O) groups is 1. The number of anilines is 1. The van der Waals surface area contributed by atoms with Gasteiger partial charge in [-0.15, -0.1) is 0 Å². The van der Waals surface area contributed by atoms with E-state index in [1.165, 1.54) is 17.7 Å². The second-order valence-electron chi connectivity index (χ2n) is 19.6. The molecule has 0 radical (unpaired) electrons. The van der Waals surface area contributed by atoms with E-state index >= 15 is 0 Å². The highest BCUT2D eigenvalue weighted by Gasteiger charge is 2.44. The lowest BCUT2D eigenvalue weighted by Gasteiger charge is -2.40. The average Bonchev–Trinajstić information content (AvgIpc) is 3.05. The first-order valence-electron chi connectivity index (χ1n) is 19.6. The van der Waals surface area contributed by atoms with Crippen molar-refractivity contribution in [3.63, 3.8) is 0 Å². The Bertz CT molecular complexity index is 1640. The summed E-state index contributed by atoms with van der Waals surface area (Å²) in [6.45, 7) is 34.3. The molecule has 0 heterocycles. The topological polar surface area (TPSA) is 68.8 Å². The van der Waals surface area contributed by atoms with Gasteiger partial charge in [-0.25, -0.2) is 4.39 Å². The van der Waals surface area contributed by atoms with Gasteiger partial charge in [-0.3, -0.25) is 4.79 Å². The lowest BCUT2D eigenvalue weighted by Crippen LogP contribution is -2.51. The van der Waals surface area contributed by atoms with Crippen LogP contribution in [0.3, 0.4) is 0 Å². The van der Waals surface area contributed by atoms with Crippen molar-refractivity contribution < 1.29 is 22.8 Å². The van der Waals surface area contributed by atoms with Gasteiger partial charge in [0.1, 0.15) is 19.8 Å². The Hall–Kier alpha value is -2.77. The largest absolute Gasteiger partial charge is 0.519 e. The minimum absolute atomic E-state index is 0.0362. The molecule has 3 aromatic rings. The summed E-state index contributed by atoms with van der Waals surface area (Å²) in [6, 6.07) is 22.7. The molecule has 2 N–H and O–H groups in total. The van der Waals surface area contributed by atoms with Crippen molar-refractivity contribution in [2.45, 2.75) is 148 Å². The maximum absolute atomic E-state index is 14.7. The Kier molecular flexibility index (Phi) is 14.8. The molecule has 0 saturated carbocycles. The number of halogens is 1. The van der Waals surface area contributed by atoms with Crippen LogP contribution >= 0.6 is 0 Å². The normalized spacial score (nSPS) is 15.0. The molecule has 54 heavy (non-hydrogen) atoms. The summed E-state index contributed by atoms with van der Waals surface area (Å²) in [6.07, 6.45) is 0.725. The quantitative estimate of drug-likeness (QED) is 0.141. The number of rotatable bonds is 16. The molecule has 0 aliphatic carbocycles. The highest BCUT2D eigenvalue weighted by molar-refractivity contribution is 6.77. The van der Waals surface area contributed by atoms with Crippen molar-refractivity contribution in [2.24, 2.45) is 5.92 Å². The number of hydrogen-bond donors (Lipinski definition) is 2. The van der Waals surface area contributed by atoms with Gasteiger partial charge in [-0.2, -0.15) is 0 Å². The van der Waals surface area contributed by atoms with E-state index < -0.39 is 36.8 Å². The predicted molar refractivity (Wildman–Crippen MR) is 233 cm³/mol. The molecular formula is C44H71FN2O4Si3. The number of benzene rings is 3. The van der Waals surface area contributed by atoms with Crippen molar-refractivity contribution in [1.82, 2.24) is 4.98 Å². The second kappa shape index (κ2) is 17.6. The molecule has 0 aliphatic rings. The molecule has 6 nitrogen and oxygen atoms in total. The first kappa shape index (κ1) is 45.6. The van der Waals surface area contributed by atoms with E-state index in [9.17, 15) is 9.18 Å². The average molecular weight is 795 g/mol. The highest BCUT2D eigenvalue weighted by atomic mass is 28.4. The second-order valence-corrected chi connectivity index (χ2v) is 34.2. The first-order chi connectivity index (χ1) is 24.7. The van der Waals surface area contributed by atoms with Crippen LogP contribution in [0.5, 0.6) is 5.75 Å². The number of hydrogen-bond acceptors (Lipinski definition) is 6. The van der Waals surface area contributed by atoms with Gasteiger partial charge in [0.15, 0.2) is 8.32 Å². The molecule has 0 fully saturated rings. The van der Waals surface area contributed by atoms with Gasteiger partial charge in [0.2, 0.25) is 0 Å². The number of nitrogens with one attached hydrogen (secondary N) is 2. The zero-order valence-corrected chi connectivity index (χ0v) is 39.3. The van der Waals surface area contributed by atoms with Crippen molar-refractivity contribution in [3.05, 3.63) is 95.3 Å². The minimum atomic E-state index is -2.49. The van der Waals surface area contributed by atoms with E-state index in [1.807, 2.05) is 36.4 Å². The minimum Gasteiger partial charge on any atom is -0.519 e. The molecule has 3 rings (SSSR count). The van der Waals surface area contributed by atoms with Crippen LogP contribution in [-0.4, -0.2) is 37.9 Å². The molecular weight excluding hydrogens is 724 g/mol. The molecule has 3 atom stereocenters. The molecule has 300 valence electrons. The standard InChI is InChI=1S/C44H71FN2O4Si3/c1-42(2,3)52(11,12)46-31-32-17-25-36(26-18-32)47-40(34-21-27-37(49-10)28-22-34)38(41(48)51-54(15,16)44(7,8)9)29-30-39(33-19-23-35(45)24-20-33)50-53(13,14)43(4,5)6/h17-28,38-40,46-47H,29-31H2,1-16H3/t38?,39?,40-/m1/s1. The Morgan fingerprint density at radius 3 is 1.69 bits per heavy atom. The van der Waals surface area contributed by atoms with Crippen molar-refractivity contribution in [1.29, 1.82) is 0 Å². The van der Waals surface area contributed by atoms with Crippen LogP contribution in [0, 0.1) is 11.7 Å². The third-order valence-electron chi connectivity index (χ3n) is 12.5. The van der Waals surface area contributed by atoms with Crippen LogP contribution < -0.4 is 15.0 Å². The van der Waals surface area contributed by atoms with Gasteiger partial charge in [0, 0.05) is 12.2 Å². The fourth-order valence-electron chi connectivity index (χ4n) is 5.45. The summed E-state index contributed by atoms with van der Waals surface area (Å²) < 4.78 is 33.4. The Balaban J connectivity index is 2.09. The van der Waals surface area contributed by atoms with Gasteiger partial charge < -0.3 is 23.9 Å². The molecule has 3 aromatic carbocycles. The predicted octanol–water partition coefficient (Wildman–Crippen LogP) is 12.8. The van der Waals surface area contributed by atoms with E-state index in [2.05, 4.69) is 136 Å². The van der Waals surface area contributed by atoms with E-state index in [0.717, 1.165) is 29.1 Å². The number of ether oxygens (including phenoxy) is 1. The summed E-state index contributed by atoms with van der Waals surface area (Å²) in [5.41, 5.74) is 4.00. The zero-order valence-electron chi connectivity index (χ0n) is 36.3. The number of carbonyl (C=O) groups excluding carboxylic acids is 1. The van der Waals surface area contributed by atoms with E-state index in [4.69, 9.17) is 13.6 Å².